The topological polar surface area (TPSA) is 105 Å². The first-order valence-corrected chi connectivity index (χ1v) is 10.5. The molecule has 1 N–H and O–H groups in total. The average molecular weight is 441 g/mol. The van der Waals surface area contributed by atoms with Gasteiger partial charge in [0.1, 0.15) is 0 Å². The zero-order valence-corrected chi connectivity index (χ0v) is 18.5. The van der Waals surface area contributed by atoms with E-state index in [1.54, 1.807) is 25.1 Å². The fraction of sp³-hybridized carbons (Fsp3) is 0.391. The highest BCUT2D eigenvalue weighted by atomic mass is 16.6. The van der Waals surface area contributed by atoms with Crippen LogP contribution in [0.2, 0.25) is 0 Å². The third-order valence-electron chi connectivity index (χ3n) is 5.75. The van der Waals surface area contributed by atoms with Crippen molar-refractivity contribution in [3.8, 4) is 0 Å². The molecule has 9 heteroatoms. The molecule has 0 aromatic heterocycles. The molecule has 0 bridgehead atoms. The molecule has 1 atom stereocenters. The van der Waals surface area contributed by atoms with Crippen LogP contribution in [0.4, 0.5) is 17.1 Å². The predicted octanol–water partition coefficient (Wildman–Crippen LogP) is 3.23. The van der Waals surface area contributed by atoms with E-state index in [2.05, 4.69) is 22.0 Å². The number of hydrogen-bond donors (Lipinski definition) is 1. The normalized spacial score (nSPS) is 16.5. The number of nitro groups is 1. The van der Waals surface area contributed by atoms with Gasteiger partial charge in [0.2, 0.25) is 5.91 Å². The van der Waals surface area contributed by atoms with Gasteiger partial charge in [0.15, 0.2) is 0 Å². The third kappa shape index (κ3) is 5.61. The summed E-state index contributed by atoms with van der Waals surface area (Å²) in [5, 5.41) is 13.8. The molecular weight excluding hydrogens is 412 g/mol. The van der Waals surface area contributed by atoms with E-state index < -0.39 is 4.92 Å². The van der Waals surface area contributed by atoms with Crippen LogP contribution >= 0.6 is 0 Å². The second-order valence-electron chi connectivity index (χ2n) is 7.92. The molecule has 1 amide bonds. The standard InChI is InChI=1S/C23H28N4O5/c1-16-4-7-20(27(30)31)14-21(16)24-22(28)10-11-25-12-13-26(15-17(25)2)19-8-5-18(6-9-19)23(29)32-3/h4-9,14,17H,10-13,15H2,1-3H3,(H,24,28). The van der Waals surface area contributed by atoms with Crippen LogP contribution in [0.1, 0.15) is 29.3 Å². The Morgan fingerprint density at radius 3 is 2.53 bits per heavy atom. The van der Waals surface area contributed by atoms with Gasteiger partial charge in [0.25, 0.3) is 5.69 Å². The van der Waals surface area contributed by atoms with Gasteiger partial charge in [-0.2, -0.15) is 0 Å². The van der Waals surface area contributed by atoms with E-state index in [0.29, 0.717) is 24.2 Å². The Morgan fingerprint density at radius 2 is 1.91 bits per heavy atom. The van der Waals surface area contributed by atoms with Crippen LogP contribution in [0.5, 0.6) is 0 Å². The molecule has 32 heavy (non-hydrogen) atoms. The monoisotopic (exact) mass is 440 g/mol. The largest absolute Gasteiger partial charge is 0.465 e. The van der Waals surface area contributed by atoms with Crippen molar-refractivity contribution in [1.29, 1.82) is 0 Å². The molecule has 0 spiro atoms. The molecule has 170 valence electrons. The van der Waals surface area contributed by atoms with Gasteiger partial charge in [-0.1, -0.05) is 6.07 Å². The number of ether oxygens (including phenoxy) is 1. The number of anilines is 2. The first-order valence-electron chi connectivity index (χ1n) is 10.5. The summed E-state index contributed by atoms with van der Waals surface area (Å²) in [4.78, 5) is 39.1. The van der Waals surface area contributed by atoms with Gasteiger partial charge in [0.05, 0.1) is 23.3 Å². The van der Waals surface area contributed by atoms with Crippen molar-refractivity contribution in [3.05, 3.63) is 63.7 Å². The summed E-state index contributed by atoms with van der Waals surface area (Å²) < 4.78 is 4.74. The zero-order chi connectivity index (χ0) is 23.3. The maximum Gasteiger partial charge on any atom is 0.337 e. The number of carbonyl (C=O) groups excluding carboxylic acids is 2. The summed E-state index contributed by atoms with van der Waals surface area (Å²) in [6.45, 7) is 6.96. The molecule has 1 unspecified atom stereocenters. The molecule has 9 nitrogen and oxygen atoms in total. The highest BCUT2D eigenvalue weighted by molar-refractivity contribution is 5.92. The van der Waals surface area contributed by atoms with Gasteiger partial charge in [0, 0.05) is 56.5 Å². The van der Waals surface area contributed by atoms with Crippen molar-refractivity contribution in [2.45, 2.75) is 26.3 Å². The fourth-order valence-corrected chi connectivity index (χ4v) is 3.80. The Hall–Kier alpha value is -3.46. The highest BCUT2D eigenvalue weighted by Crippen LogP contribution is 2.23. The number of esters is 1. The van der Waals surface area contributed by atoms with Gasteiger partial charge < -0.3 is 15.0 Å². The number of amides is 1. The lowest BCUT2D eigenvalue weighted by molar-refractivity contribution is -0.384. The van der Waals surface area contributed by atoms with E-state index in [1.165, 1.54) is 19.2 Å². The van der Waals surface area contributed by atoms with Crippen molar-refractivity contribution in [1.82, 2.24) is 4.90 Å². The molecule has 1 saturated heterocycles. The minimum absolute atomic E-state index is 0.0461. The maximum absolute atomic E-state index is 12.4. The SMILES string of the molecule is COC(=O)c1ccc(N2CCN(CCC(=O)Nc3cc([N+](=O)[O-])ccc3C)C(C)C2)cc1. The summed E-state index contributed by atoms with van der Waals surface area (Å²) in [5.41, 5.74) is 2.77. The summed E-state index contributed by atoms with van der Waals surface area (Å²) in [7, 11) is 1.36. The average Bonchev–Trinajstić information content (AvgIpc) is 2.79. The number of carbonyl (C=O) groups is 2. The van der Waals surface area contributed by atoms with E-state index in [1.807, 2.05) is 12.1 Å². The molecule has 0 saturated carbocycles. The lowest BCUT2D eigenvalue weighted by Crippen LogP contribution is -2.52. The second kappa shape index (κ2) is 10.2. The van der Waals surface area contributed by atoms with Gasteiger partial charge in [-0.15, -0.1) is 0 Å². The maximum atomic E-state index is 12.4. The number of benzene rings is 2. The number of hydrogen-bond acceptors (Lipinski definition) is 7. The first-order chi connectivity index (χ1) is 15.3. The Balaban J connectivity index is 1.51. The molecule has 1 aliphatic heterocycles. The molecule has 1 heterocycles. The van der Waals surface area contributed by atoms with Crippen molar-refractivity contribution in [3.63, 3.8) is 0 Å². The first kappa shape index (κ1) is 23.2. The molecule has 1 aliphatic rings. The van der Waals surface area contributed by atoms with Gasteiger partial charge >= 0.3 is 5.97 Å². The van der Waals surface area contributed by atoms with E-state index in [-0.39, 0.29) is 23.6 Å². The number of nitrogens with zero attached hydrogens (tertiary/aromatic N) is 3. The van der Waals surface area contributed by atoms with Crippen LogP contribution in [0, 0.1) is 17.0 Å². The Kier molecular flexibility index (Phi) is 7.42. The van der Waals surface area contributed by atoms with Crippen LogP contribution in [0.3, 0.4) is 0 Å². The molecule has 2 aromatic carbocycles. The smallest absolute Gasteiger partial charge is 0.337 e. The zero-order valence-electron chi connectivity index (χ0n) is 18.5. The van der Waals surface area contributed by atoms with Crippen LogP contribution in [0.25, 0.3) is 0 Å². The van der Waals surface area contributed by atoms with E-state index in [4.69, 9.17) is 4.74 Å². The Morgan fingerprint density at radius 1 is 1.19 bits per heavy atom. The van der Waals surface area contributed by atoms with Crippen molar-refractivity contribution >= 4 is 28.9 Å². The van der Waals surface area contributed by atoms with Crippen LogP contribution in [-0.2, 0) is 9.53 Å². The fourth-order valence-electron chi connectivity index (χ4n) is 3.80. The molecule has 2 aromatic rings. The van der Waals surface area contributed by atoms with Crippen LogP contribution in [0.15, 0.2) is 42.5 Å². The van der Waals surface area contributed by atoms with Gasteiger partial charge in [-0.3, -0.25) is 19.8 Å². The van der Waals surface area contributed by atoms with Crippen molar-refractivity contribution in [2.24, 2.45) is 0 Å². The van der Waals surface area contributed by atoms with Crippen molar-refractivity contribution < 1.29 is 19.2 Å². The molecule has 0 aliphatic carbocycles. The quantitative estimate of drug-likeness (QED) is 0.400. The molecule has 0 radical (unpaired) electrons. The number of aryl methyl sites for hydroxylation is 1. The minimum Gasteiger partial charge on any atom is -0.465 e. The third-order valence-corrected chi connectivity index (χ3v) is 5.75. The summed E-state index contributed by atoms with van der Waals surface area (Å²) in [6, 6.07) is 12.1. The highest BCUT2D eigenvalue weighted by Gasteiger charge is 2.24. The number of piperazine rings is 1. The predicted molar refractivity (Wildman–Crippen MR) is 122 cm³/mol. The minimum atomic E-state index is -0.473. The number of nitrogens with one attached hydrogen (secondary N) is 1. The molecule has 1 fully saturated rings. The lowest BCUT2D eigenvalue weighted by atomic mass is 10.1. The molecule has 3 rings (SSSR count). The van der Waals surface area contributed by atoms with Gasteiger partial charge in [-0.25, -0.2) is 4.79 Å². The van der Waals surface area contributed by atoms with Crippen LogP contribution < -0.4 is 10.2 Å². The van der Waals surface area contributed by atoms with Gasteiger partial charge in [-0.05, 0) is 43.7 Å². The summed E-state index contributed by atoms with van der Waals surface area (Å²) in [5.74, 6) is -0.519. The lowest BCUT2D eigenvalue weighted by Gasteiger charge is -2.41. The number of methoxy groups -OCH3 is 1. The summed E-state index contributed by atoms with van der Waals surface area (Å²) in [6.07, 6.45) is 0.306. The van der Waals surface area contributed by atoms with Crippen LogP contribution in [-0.4, -0.2) is 61.0 Å². The summed E-state index contributed by atoms with van der Waals surface area (Å²) >= 11 is 0. The number of nitro benzene ring substituents is 1. The Labute approximate surface area is 187 Å². The second-order valence-corrected chi connectivity index (χ2v) is 7.92. The van der Waals surface area contributed by atoms with Crippen molar-refractivity contribution in [2.75, 3.05) is 43.5 Å². The number of non-ortho nitro benzene ring substituents is 1. The Bertz CT molecular complexity index is 992. The van der Waals surface area contributed by atoms with E-state index >= 15 is 0 Å². The van der Waals surface area contributed by atoms with E-state index in [9.17, 15) is 19.7 Å². The van der Waals surface area contributed by atoms with E-state index in [0.717, 1.165) is 30.9 Å². The molecular formula is C23H28N4O5. The number of rotatable bonds is 7.